The molecule has 8 heteroatoms. The van der Waals surface area contributed by atoms with E-state index in [1.54, 1.807) is 17.7 Å². The van der Waals surface area contributed by atoms with E-state index in [1.165, 1.54) is 0 Å². The van der Waals surface area contributed by atoms with E-state index in [1.807, 2.05) is 31.5 Å². The molecule has 0 aliphatic rings. The highest BCUT2D eigenvalue weighted by molar-refractivity contribution is 7.09. The predicted octanol–water partition coefficient (Wildman–Crippen LogP) is 1.56. The van der Waals surface area contributed by atoms with E-state index in [-0.39, 0.29) is 0 Å². The monoisotopic (exact) mass is 303 g/mol. The van der Waals surface area contributed by atoms with Crippen LogP contribution in [-0.4, -0.2) is 43.6 Å². The number of nitrogens with zero attached hydrogens (tertiary/aromatic N) is 6. The van der Waals surface area contributed by atoms with E-state index in [0.29, 0.717) is 6.54 Å². The summed E-state index contributed by atoms with van der Waals surface area (Å²) >= 11 is 1.66. The lowest BCUT2D eigenvalue weighted by Crippen LogP contribution is -2.11. The van der Waals surface area contributed by atoms with Crippen molar-refractivity contribution in [2.45, 2.75) is 20.0 Å². The number of aryl methyl sites for hydroxylation is 1. The first-order valence-corrected chi connectivity index (χ1v) is 7.49. The average Bonchev–Trinajstić information content (AvgIpc) is 3.04. The summed E-state index contributed by atoms with van der Waals surface area (Å²) in [6.07, 6.45) is 1.66. The molecule has 3 aromatic rings. The number of hydrogen-bond donors (Lipinski definition) is 1. The molecule has 3 heterocycles. The standard InChI is InChI=1S/C13H17N7S/c1-9-16-11(4-12-18-15-8-20(9)12)14-5-13-17-10(7-21-13)6-19(2)3/h4,7-8,14H,5-6H2,1-3H3. The Morgan fingerprint density at radius 2 is 2.19 bits per heavy atom. The molecule has 3 rings (SSSR count). The lowest BCUT2D eigenvalue weighted by molar-refractivity contribution is 0.397. The zero-order chi connectivity index (χ0) is 14.8. The minimum absolute atomic E-state index is 0.662. The van der Waals surface area contributed by atoms with Gasteiger partial charge in [0.05, 0.1) is 12.2 Å². The SMILES string of the molecule is Cc1nc(NCc2nc(CN(C)C)cs2)cc2nncn12. The maximum atomic E-state index is 4.59. The third-order valence-corrected chi connectivity index (χ3v) is 3.87. The quantitative estimate of drug-likeness (QED) is 0.771. The van der Waals surface area contributed by atoms with E-state index >= 15 is 0 Å². The van der Waals surface area contributed by atoms with Crippen molar-refractivity contribution in [3.05, 3.63) is 34.3 Å². The van der Waals surface area contributed by atoms with Crippen LogP contribution in [0.2, 0.25) is 0 Å². The van der Waals surface area contributed by atoms with E-state index in [4.69, 9.17) is 0 Å². The van der Waals surface area contributed by atoms with Crippen LogP contribution in [0.3, 0.4) is 0 Å². The van der Waals surface area contributed by atoms with Gasteiger partial charge in [-0.15, -0.1) is 21.5 Å². The predicted molar refractivity (Wildman–Crippen MR) is 82.4 cm³/mol. The van der Waals surface area contributed by atoms with Crippen molar-refractivity contribution < 1.29 is 0 Å². The van der Waals surface area contributed by atoms with E-state index in [9.17, 15) is 0 Å². The number of rotatable bonds is 5. The number of nitrogens with one attached hydrogen (secondary N) is 1. The fraction of sp³-hybridized carbons (Fsp3) is 0.385. The van der Waals surface area contributed by atoms with Gasteiger partial charge in [0, 0.05) is 18.0 Å². The van der Waals surface area contributed by atoms with Crippen LogP contribution in [0.5, 0.6) is 0 Å². The van der Waals surface area contributed by atoms with Crippen LogP contribution in [0, 0.1) is 6.92 Å². The minimum atomic E-state index is 0.662. The molecular formula is C13H17N7S. The molecular weight excluding hydrogens is 286 g/mol. The van der Waals surface area contributed by atoms with Gasteiger partial charge in [-0.2, -0.15) is 0 Å². The summed E-state index contributed by atoms with van der Waals surface area (Å²) < 4.78 is 1.85. The van der Waals surface area contributed by atoms with Gasteiger partial charge in [-0.3, -0.25) is 4.40 Å². The molecule has 3 aromatic heterocycles. The normalized spacial score (nSPS) is 11.4. The highest BCUT2D eigenvalue weighted by atomic mass is 32.1. The summed E-state index contributed by atoms with van der Waals surface area (Å²) in [5, 5.41) is 14.4. The Balaban J connectivity index is 1.69. The van der Waals surface area contributed by atoms with Crippen molar-refractivity contribution in [1.29, 1.82) is 0 Å². The van der Waals surface area contributed by atoms with Gasteiger partial charge in [-0.05, 0) is 21.0 Å². The summed E-state index contributed by atoms with van der Waals surface area (Å²) in [4.78, 5) is 11.2. The summed E-state index contributed by atoms with van der Waals surface area (Å²) in [6, 6.07) is 1.88. The van der Waals surface area contributed by atoms with Crippen molar-refractivity contribution >= 4 is 22.8 Å². The lowest BCUT2D eigenvalue weighted by atomic mass is 10.4. The largest absolute Gasteiger partial charge is 0.363 e. The molecule has 0 spiro atoms. The third kappa shape index (κ3) is 3.17. The Kier molecular flexibility index (Phi) is 3.80. The maximum absolute atomic E-state index is 4.59. The number of thiazole rings is 1. The Morgan fingerprint density at radius 3 is 3.00 bits per heavy atom. The van der Waals surface area contributed by atoms with Crippen molar-refractivity contribution in [1.82, 2.24) is 29.5 Å². The Bertz CT molecular complexity index is 746. The smallest absolute Gasteiger partial charge is 0.165 e. The van der Waals surface area contributed by atoms with Gasteiger partial charge in [0.2, 0.25) is 0 Å². The van der Waals surface area contributed by atoms with Crippen LogP contribution in [0.25, 0.3) is 5.65 Å². The molecule has 1 N–H and O–H groups in total. The van der Waals surface area contributed by atoms with Crippen LogP contribution < -0.4 is 5.32 Å². The summed E-state index contributed by atoms with van der Waals surface area (Å²) in [5.41, 5.74) is 1.89. The second kappa shape index (κ2) is 5.74. The number of aromatic nitrogens is 5. The molecule has 0 amide bonds. The van der Waals surface area contributed by atoms with E-state index < -0.39 is 0 Å². The van der Waals surface area contributed by atoms with E-state index in [2.05, 4.69) is 35.8 Å². The van der Waals surface area contributed by atoms with Crippen molar-refractivity contribution in [2.24, 2.45) is 0 Å². The molecule has 0 atom stereocenters. The lowest BCUT2D eigenvalue weighted by Gasteiger charge is -2.06. The number of hydrogen-bond acceptors (Lipinski definition) is 7. The van der Waals surface area contributed by atoms with Gasteiger partial charge in [0.25, 0.3) is 0 Å². The van der Waals surface area contributed by atoms with Gasteiger partial charge in [-0.25, -0.2) is 9.97 Å². The van der Waals surface area contributed by atoms with Gasteiger partial charge >= 0.3 is 0 Å². The topological polar surface area (TPSA) is 71.2 Å². The molecule has 0 bridgehead atoms. The van der Waals surface area contributed by atoms with Crippen molar-refractivity contribution in [2.75, 3.05) is 19.4 Å². The summed E-state index contributed by atoms with van der Waals surface area (Å²) in [7, 11) is 4.08. The van der Waals surface area contributed by atoms with Crippen LogP contribution in [0.4, 0.5) is 5.82 Å². The van der Waals surface area contributed by atoms with Gasteiger partial charge < -0.3 is 10.2 Å². The zero-order valence-electron chi connectivity index (χ0n) is 12.2. The second-order valence-corrected chi connectivity index (χ2v) is 6.01. The van der Waals surface area contributed by atoms with Crippen LogP contribution in [0.15, 0.2) is 17.8 Å². The Labute approximate surface area is 126 Å². The fourth-order valence-electron chi connectivity index (χ4n) is 2.06. The Morgan fingerprint density at radius 1 is 1.33 bits per heavy atom. The first-order valence-electron chi connectivity index (χ1n) is 6.61. The number of anilines is 1. The molecule has 0 aromatic carbocycles. The third-order valence-electron chi connectivity index (χ3n) is 2.97. The number of fused-ring (bicyclic) bond motifs is 1. The molecule has 0 aliphatic carbocycles. The zero-order valence-corrected chi connectivity index (χ0v) is 13.1. The fourth-order valence-corrected chi connectivity index (χ4v) is 2.78. The first kappa shape index (κ1) is 13.9. The van der Waals surface area contributed by atoms with Gasteiger partial charge in [0.15, 0.2) is 5.65 Å². The van der Waals surface area contributed by atoms with E-state index in [0.717, 1.165) is 34.5 Å². The molecule has 7 nitrogen and oxygen atoms in total. The highest BCUT2D eigenvalue weighted by Crippen LogP contribution is 2.14. The van der Waals surface area contributed by atoms with Crippen LogP contribution >= 0.6 is 11.3 Å². The summed E-state index contributed by atoms with van der Waals surface area (Å²) in [5.74, 6) is 1.64. The average molecular weight is 303 g/mol. The van der Waals surface area contributed by atoms with Gasteiger partial charge in [-0.1, -0.05) is 0 Å². The summed E-state index contributed by atoms with van der Waals surface area (Å²) in [6.45, 7) is 3.45. The molecule has 110 valence electrons. The minimum Gasteiger partial charge on any atom is -0.363 e. The maximum Gasteiger partial charge on any atom is 0.165 e. The van der Waals surface area contributed by atoms with Gasteiger partial charge in [0.1, 0.15) is 23.0 Å². The Hall–Kier alpha value is -2.06. The van der Waals surface area contributed by atoms with Crippen LogP contribution in [-0.2, 0) is 13.1 Å². The molecule has 0 saturated carbocycles. The second-order valence-electron chi connectivity index (χ2n) is 5.07. The highest BCUT2D eigenvalue weighted by Gasteiger charge is 2.06. The molecule has 0 fully saturated rings. The molecule has 0 radical (unpaired) electrons. The molecule has 0 unspecified atom stereocenters. The molecule has 21 heavy (non-hydrogen) atoms. The molecule has 0 aliphatic heterocycles. The van der Waals surface area contributed by atoms with Crippen molar-refractivity contribution in [3.63, 3.8) is 0 Å². The van der Waals surface area contributed by atoms with Crippen molar-refractivity contribution in [3.8, 4) is 0 Å². The molecule has 0 saturated heterocycles. The first-order chi connectivity index (χ1) is 10.1. The van der Waals surface area contributed by atoms with Crippen LogP contribution in [0.1, 0.15) is 16.5 Å².